The van der Waals surface area contributed by atoms with Crippen molar-refractivity contribution in [3.05, 3.63) is 70.3 Å². The molecule has 0 saturated heterocycles. The van der Waals surface area contributed by atoms with Gasteiger partial charge in [-0.25, -0.2) is 9.59 Å². The first-order valence-corrected chi connectivity index (χ1v) is 7.20. The molecule has 0 saturated carbocycles. The summed E-state index contributed by atoms with van der Waals surface area (Å²) in [6, 6.07) is 14.7. The Bertz CT molecular complexity index is 852. The molecule has 24 heavy (non-hydrogen) atoms. The van der Waals surface area contributed by atoms with Crippen LogP contribution in [0.1, 0.15) is 15.9 Å². The number of nitrogens with zero attached hydrogens (tertiary/aromatic N) is 1. The second-order valence-corrected chi connectivity index (χ2v) is 5.01. The van der Waals surface area contributed by atoms with E-state index in [1.807, 2.05) is 0 Å². The van der Waals surface area contributed by atoms with Gasteiger partial charge in [-0.05, 0) is 35.9 Å². The summed E-state index contributed by atoms with van der Waals surface area (Å²) in [6.45, 7) is 0. The van der Waals surface area contributed by atoms with E-state index in [1.54, 1.807) is 48.5 Å². The number of methoxy groups -OCH3 is 1. The van der Waals surface area contributed by atoms with Crippen LogP contribution in [0.3, 0.4) is 0 Å². The largest absolute Gasteiger partial charge is 0.465 e. The lowest BCUT2D eigenvalue weighted by atomic mass is 10.1. The number of rotatable bonds is 4. The molecule has 0 unspecified atom stereocenters. The summed E-state index contributed by atoms with van der Waals surface area (Å²) in [4.78, 5) is 23.6. The second-order valence-electron chi connectivity index (χ2n) is 4.60. The molecule has 6 heteroatoms. The molecule has 0 N–H and O–H groups in total. The van der Waals surface area contributed by atoms with Crippen molar-refractivity contribution in [3.63, 3.8) is 0 Å². The molecule has 0 aliphatic heterocycles. The number of carbonyl (C=O) groups is 2. The van der Waals surface area contributed by atoms with Crippen LogP contribution in [0.4, 0.5) is 0 Å². The number of ether oxygens (including phenoxy) is 2. The van der Waals surface area contributed by atoms with Crippen LogP contribution < -0.4 is 4.74 Å². The van der Waals surface area contributed by atoms with E-state index in [0.29, 0.717) is 5.56 Å². The molecule has 5 nitrogen and oxygen atoms in total. The summed E-state index contributed by atoms with van der Waals surface area (Å²) in [5, 5.41) is 9.25. The first-order chi connectivity index (χ1) is 11.5. The SMILES string of the molecule is COC(=O)/C(C#N)=C/c1cccc(OC(=O)c2ccccc2Cl)c1. The quantitative estimate of drug-likeness (QED) is 0.367. The van der Waals surface area contributed by atoms with Crippen LogP contribution in [0.25, 0.3) is 6.08 Å². The van der Waals surface area contributed by atoms with Gasteiger partial charge in [0.05, 0.1) is 17.7 Å². The van der Waals surface area contributed by atoms with Gasteiger partial charge in [0.2, 0.25) is 0 Å². The normalized spacial score (nSPS) is 10.6. The molecule has 2 rings (SSSR count). The van der Waals surface area contributed by atoms with E-state index in [-0.39, 0.29) is 21.9 Å². The van der Waals surface area contributed by atoms with Gasteiger partial charge in [-0.3, -0.25) is 0 Å². The fourth-order valence-electron chi connectivity index (χ4n) is 1.87. The Morgan fingerprint density at radius 3 is 2.58 bits per heavy atom. The number of hydrogen-bond acceptors (Lipinski definition) is 5. The van der Waals surface area contributed by atoms with Gasteiger partial charge < -0.3 is 9.47 Å². The van der Waals surface area contributed by atoms with E-state index in [0.717, 1.165) is 0 Å². The predicted octanol–water partition coefficient (Wildman–Crippen LogP) is 3.64. The van der Waals surface area contributed by atoms with Gasteiger partial charge in [-0.1, -0.05) is 35.9 Å². The predicted molar refractivity (Wildman–Crippen MR) is 88.5 cm³/mol. The standard InChI is InChI=1S/C18H12ClNO4/c1-23-17(21)13(11-20)9-12-5-4-6-14(10-12)24-18(22)15-7-2-3-8-16(15)19/h2-10H,1H3/b13-9+. The maximum Gasteiger partial charge on any atom is 0.348 e. The highest BCUT2D eigenvalue weighted by atomic mass is 35.5. The highest BCUT2D eigenvalue weighted by Crippen LogP contribution is 2.20. The van der Waals surface area contributed by atoms with Crippen molar-refractivity contribution in [2.75, 3.05) is 7.11 Å². The van der Waals surface area contributed by atoms with Crippen molar-refractivity contribution in [1.29, 1.82) is 5.26 Å². The topological polar surface area (TPSA) is 76.4 Å². The summed E-state index contributed by atoms with van der Waals surface area (Å²) in [5.74, 6) is -1.08. The number of carbonyl (C=O) groups excluding carboxylic acids is 2. The number of hydrogen-bond donors (Lipinski definition) is 0. The summed E-state index contributed by atoms with van der Waals surface area (Å²) < 4.78 is 9.78. The minimum atomic E-state index is -0.740. The number of esters is 2. The molecular formula is C18H12ClNO4. The van der Waals surface area contributed by atoms with Crippen LogP contribution >= 0.6 is 11.6 Å². The molecule has 0 aromatic heterocycles. The van der Waals surface area contributed by atoms with E-state index in [2.05, 4.69) is 4.74 Å². The molecule has 2 aromatic rings. The summed E-state index contributed by atoms with van der Waals surface area (Å²) in [6.07, 6.45) is 1.35. The Balaban J connectivity index is 2.24. The Kier molecular flexibility index (Phi) is 5.72. The number of nitriles is 1. The van der Waals surface area contributed by atoms with Gasteiger partial charge in [-0.2, -0.15) is 5.26 Å². The van der Waals surface area contributed by atoms with Crippen LogP contribution in [0, 0.1) is 11.3 Å². The Morgan fingerprint density at radius 2 is 1.92 bits per heavy atom. The first kappa shape index (κ1) is 17.3. The number of halogens is 1. The molecule has 0 aliphatic carbocycles. The molecule has 2 aromatic carbocycles. The zero-order chi connectivity index (χ0) is 17.5. The molecule has 0 aliphatic rings. The average molecular weight is 342 g/mol. The Labute approximate surface area is 143 Å². The fraction of sp³-hybridized carbons (Fsp3) is 0.0556. The highest BCUT2D eigenvalue weighted by molar-refractivity contribution is 6.33. The number of benzene rings is 2. The van der Waals surface area contributed by atoms with E-state index in [1.165, 1.54) is 19.3 Å². The molecule has 0 fully saturated rings. The molecule has 0 bridgehead atoms. The summed E-state index contributed by atoms with van der Waals surface area (Å²) >= 11 is 5.96. The van der Waals surface area contributed by atoms with Crippen LogP contribution in [-0.4, -0.2) is 19.0 Å². The molecule has 0 radical (unpaired) electrons. The molecule has 0 heterocycles. The van der Waals surface area contributed by atoms with Crippen molar-refractivity contribution in [3.8, 4) is 11.8 Å². The second kappa shape index (κ2) is 7.95. The molecule has 120 valence electrons. The Morgan fingerprint density at radius 1 is 1.17 bits per heavy atom. The first-order valence-electron chi connectivity index (χ1n) is 6.82. The lowest BCUT2D eigenvalue weighted by Gasteiger charge is -2.06. The third-order valence-electron chi connectivity index (χ3n) is 3.00. The van der Waals surface area contributed by atoms with Gasteiger partial charge >= 0.3 is 11.9 Å². The van der Waals surface area contributed by atoms with Crippen LogP contribution in [-0.2, 0) is 9.53 Å². The van der Waals surface area contributed by atoms with Crippen molar-refractivity contribution in [1.82, 2.24) is 0 Å². The van der Waals surface area contributed by atoms with Crippen LogP contribution in [0.2, 0.25) is 5.02 Å². The van der Waals surface area contributed by atoms with Gasteiger partial charge in [0.25, 0.3) is 0 Å². The minimum Gasteiger partial charge on any atom is -0.465 e. The van der Waals surface area contributed by atoms with Crippen molar-refractivity contribution in [2.45, 2.75) is 0 Å². The van der Waals surface area contributed by atoms with Crippen LogP contribution in [0.5, 0.6) is 5.75 Å². The molecule has 0 atom stereocenters. The molecule has 0 amide bonds. The minimum absolute atomic E-state index is 0.160. The maximum atomic E-state index is 12.1. The third kappa shape index (κ3) is 4.22. The molecule has 0 spiro atoms. The van der Waals surface area contributed by atoms with E-state index >= 15 is 0 Å². The fourth-order valence-corrected chi connectivity index (χ4v) is 2.08. The van der Waals surface area contributed by atoms with Gasteiger partial charge in [0.15, 0.2) is 0 Å². The van der Waals surface area contributed by atoms with E-state index in [9.17, 15) is 9.59 Å². The Hall–Kier alpha value is -3.10. The van der Waals surface area contributed by atoms with Crippen molar-refractivity contribution < 1.29 is 19.1 Å². The maximum absolute atomic E-state index is 12.1. The van der Waals surface area contributed by atoms with E-state index < -0.39 is 11.9 Å². The van der Waals surface area contributed by atoms with Gasteiger partial charge in [0, 0.05) is 0 Å². The van der Waals surface area contributed by atoms with Crippen molar-refractivity contribution >= 4 is 29.6 Å². The monoisotopic (exact) mass is 341 g/mol. The zero-order valence-electron chi connectivity index (χ0n) is 12.7. The lowest BCUT2D eigenvalue weighted by Crippen LogP contribution is -2.09. The zero-order valence-corrected chi connectivity index (χ0v) is 13.4. The van der Waals surface area contributed by atoms with Gasteiger partial charge in [-0.15, -0.1) is 0 Å². The van der Waals surface area contributed by atoms with Crippen molar-refractivity contribution in [2.24, 2.45) is 0 Å². The summed E-state index contributed by atoms with van der Waals surface area (Å²) in [7, 11) is 1.19. The lowest BCUT2D eigenvalue weighted by molar-refractivity contribution is -0.135. The summed E-state index contributed by atoms with van der Waals surface area (Å²) in [5.41, 5.74) is 0.598. The van der Waals surface area contributed by atoms with E-state index in [4.69, 9.17) is 21.6 Å². The van der Waals surface area contributed by atoms with Gasteiger partial charge in [0.1, 0.15) is 17.4 Å². The third-order valence-corrected chi connectivity index (χ3v) is 3.33. The molecular weight excluding hydrogens is 330 g/mol. The van der Waals surface area contributed by atoms with Crippen LogP contribution in [0.15, 0.2) is 54.1 Å². The highest BCUT2D eigenvalue weighted by Gasteiger charge is 2.13. The smallest absolute Gasteiger partial charge is 0.348 e. The average Bonchev–Trinajstić information content (AvgIpc) is 2.59.